The van der Waals surface area contributed by atoms with Gasteiger partial charge in [-0.25, -0.2) is 9.59 Å². The summed E-state index contributed by atoms with van der Waals surface area (Å²) >= 11 is 0. The molecule has 0 spiro atoms. The van der Waals surface area contributed by atoms with E-state index in [4.69, 9.17) is 9.84 Å². The predicted octanol–water partition coefficient (Wildman–Crippen LogP) is 1.96. The molecule has 0 aliphatic rings. The van der Waals surface area contributed by atoms with Crippen LogP contribution in [0, 0.1) is 0 Å². The summed E-state index contributed by atoms with van der Waals surface area (Å²) < 4.78 is 5.04. The van der Waals surface area contributed by atoms with E-state index in [0.29, 0.717) is 11.3 Å². The van der Waals surface area contributed by atoms with E-state index in [1.54, 1.807) is 60.7 Å². The van der Waals surface area contributed by atoms with Crippen LogP contribution in [0.25, 0.3) is 0 Å². The first-order valence-electron chi connectivity index (χ1n) is 6.57. The van der Waals surface area contributed by atoms with Crippen molar-refractivity contribution in [1.29, 1.82) is 0 Å². The molecule has 0 saturated carbocycles. The molecule has 0 fully saturated rings. The summed E-state index contributed by atoms with van der Waals surface area (Å²) in [5.41, 5.74) is 0.461. The molecule has 2 atom stereocenters. The topological polar surface area (TPSA) is 95.9 Å². The number of nitrogens with one attached hydrogen (secondary N) is 1. The third-order valence-electron chi connectivity index (χ3n) is 2.95. The van der Waals surface area contributed by atoms with Gasteiger partial charge in [0.15, 0.2) is 6.10 Å². The van der Waals surface area contributed by atoms with Crippen molar-refractivity contribution in [3.8, 4) is 5.75 Å². The highest BCUT2D eigenvalue weighted by Crippen LogP contribution is 2.18. The molecule has 6 heteroatoms. The number of carbonyl (C=O) groups is 2. The van der Waals surface area contributed by atoms with E-state index in [9.17, 15) is 14.7 Å². The fourth-order valence-electron chi connectivity index (χ4n) is 1.90. The van der Waals surface area contributed by atoms with Gasteiger partial charge in [-0.2, -0.15) is 0 Å². The summed E-state index contributed by atoms with van der Waals surface area (Å²) in [5, 5.41) is 21.1. The first-order valence-corrected chi connectivity index (χ1v) is 6.57. The SMILES string of the molecule is O=C(NC(c1ccccc1)C(O)C(=O)O)Oc1ccccc1. The Morgan fingerprint density at radius 2 is 1.50 bits per heavy atom. The molecule has 0 aromatic heterocycles. The lowest BCUT2D eigenvalue weighted by atomic mass is 10.0. The number of rotatable bonds is 5. The number of benzene rings is 2. The van der Waals surface area contributed by atoms with Crippen molar-refractivity contribution in [2.45, 2.75) is 12.1 Å². The molecule has 2 aromatic carbocycles. The minimum Gasteiger partial charge on any atom is -0.479 e. The molecular formula is C16H15NO5. The van der Waals surface area contributed by atoms with Crippen molar-refractivity contribution in [2.75, 3.05) is 0 Å². The normalized spacial score (nSPS) is 13.0. The number of hydrogen-bond donors (Lipinski definition) is 3. The zero-order valence-electron chi connectivity index (χ0n) is 11.5. The predicted molar refractivity (Wildman–Crippen MR) is 78.4 cm³/mol. The van der Waals surface area contributed by atoms with Crippen LogP contribution >= 0.6 is 0 Å². The Bertz CT molecular complexity index is 629. The van der Waals surface area contributed by atoms with Gasteiger partial charge in [0.05, 0.1) is 6.04 Å². The molecule has 0 aliphatic heterocycles. The molecule has 0 aliphatic carbocycles. The summed E-state index contributed by atoms with van der Waals surface area (Å²) in [5.74, 6) is -1.12. The molecule has 6 nitrogen and oxygen atoms in total. The van der Waals surface area contributed by atoms with Gasteiger partial charge in [-0.15, -0.1) is 0 Å². The van der Waals surface area contributed by atoms with Crippen molar-refractivity contribution >= 4 is 12.1 Å². The maximum Gasteiger partial charge on any atom is 0.413 e. The fraction of sp³-hybridized carbons (Fsp3) is 0.125. The molecule has 0 radical (unpaired) electrons. The van der Waals surface area contributed by atoms with Gasteiger partial charge in [-0.1, -0.05) is 48.5 Å². The van der Waals surface area contributed by atoms with E-state index in [2.05, 4.69) is 5.32 Å². The number of ether oxygens (including phenoxy) is 1. The number of amides is 1. The molecular weight excluding hydrogens is 286 g/mol. The number of aliphatic carboxylic acids is 1. The third kappa shape index (κ3) is 4.07. The van der Waals surface area contributed by atoms with Crippen LogP contribution in [-0.2, 0) is 4.79 Å². The monoisotopic (exact) mass is 301 g/mol. The summed E-state index contributed by atoms with van der Waals surface area (Å²) in [6.07, 6.45) is -2.63. The van der Waals surface area contributed by atoms with Crippen LogP contribution in [0.4, 0.5) is 4.79 Å². The quantitative estimate of drug-likeness (QED) is 0.784. The molecule has 0 bridgehead atoms. The number of aliphatic hydroxyl groups is 1. The second kappa shape index (κ2) is 7.24. The van der Waals surface area contributed by atoms with Crippen LogP contribution < -0.4 is 10.1 Å². The Labute approximate surface area is 127 Å². The van der Waals surface area contributed by atoms with E-state index in [0.717, 1.165) is 0 Å². The average molecular weight is 301 g/mol. The highest BCUT2D eigenvalue weighted by Gasteiger charge is 2.29. The third-order valence-corrected chi connectivity index (χ3v) is 2.95. The smallest absolute Gasteiger partial charge is 0.413 e. The highest BCUT2D eigenvalue weighted by atomic mass is 16.6. The molecule has 2 unspecified atom stereocenters. The Hall–Kier alpha value is -2.86. The number of carbonyl (C=O) groups excluding carboxylic acids is 1. The number of para-hydroxylation sites is 1. The maximum atomic E-state index is 11.9. The zero-order valence-corrected chi connectivity index (χ0v) is 11.5. The summed E-state index contributed by atoms with van der Waals surface area (Å²) in [4.78, 5) is 22.9. The summed E-state index contributed by atoms with van der Waals surface area (Å²) in [6, 6.07) is 15.6. The minimum atomic E-state index is -1.79. The van der Waals surface area contributed by atoms with Crippen LogP contribution in [0.15, 0.2) is 60.7 Å². The lowest BCUT2D eigenvalue weighted by molar-refractivity contribution is -0.148. The van der Waals surface area contributed by atoms with Crippen molar-refractivity contribution in [3.05, 3.63) is 66.2 Å². The second-order valence-electron chi connectivity index (χ2n) is 4.52. The minimum absolute atomic E-state index is 0.316. The average Bonchev–Trinajstić information content (AvgIpc) is 2.53. The zero-order chi connectivity index (χ0) is 15.9. The number of aliphatic hydroxyl groups excluding tert-OH is 1. The van der Waals surface area contributed by atoms with Gasteiger partial charge >= 0.3 is 12.1 Å². The molecule has 0 heterocycles. The van der Waals surface area contributed by atoms with Gasteiger partial charge < -0.3 is 20.3 Å². The molecule has 1 amide bonds. The lowest BCUT2D eigenvalue weighted by Crippen LogP contribution is -2.41. The standard InChI is InChI=1S/C16H15NO5/c18-14(15(19)20)13(11-7-3-1-4-8-11)17-16(21)22-12-9-5-2-6-10-12/h1-10,13-14,18H,(H,17,21)(H,19,20). The van der Waals surface area contributed by atoms with Crippen LogP contribution in [0.5, 0.6) is 5.75 Å². The number of hydrogen-bond acceptors (Lipinski definition) is 4. The van der Waals surface area contributed by atoms with Gasteiger partial charge in [0.1, 0.15) is 5.75 Å². The molecule has 114 valence electrons. The maximum absolute atomic E-state index is 11.9. The molecule has 0 saturated heterocycles. The van der Waals surface area contributed by atoms with Crippen molar-refractivity contribution < 1.29 is 24.5 Å². The van der Waals surface area contributed by atoms with Gasteiger partial charge in [0.25, 0.3) is 0 Å². The van der Waals surface area contributed by atoms with E-state index < -0.39 is 24.2 Å². The van der Waals surface area contributed by atoms with E-state index >= 15 is 0 Å². The largest absolute Gasteiger partial charge is 0.479 e. The van der Waals surface area contributed by atoms with Crippen molar-refractivity contribution in [2.24, 2.45) is 0 Å². The Morgan fingerprint density at radius 1 is 0.955 bits per heavy atom. The molecule has 2 aromatic rings. The lowest BCUT2D eigenvalue weighted by Gasteiger charge is -2.21. The Morgan fingerprint density at radius 3 is 2.05 bits per heavy atom. The van der Waals surface area contributed by atoms with Gasteiger partial charge in [-0.3, -0.25) is 0 Å². The molecule has 22 heavy (non-hydrogen) atoms. The summed E-state index contributed by atoms with van der Waals surface area (Å²) in [6.45, 7) is 0. The van der Waals surface area contributed by atoms with Crippen molar-refractivity contribution in [3.63, 3.8) is 0 Å². The van der Waals surface area contributed by atoms with Crippen LogP contribution in [0.1, 0.15) is 11.6 Å². The van der Waals surface area contributed by atoms with E-state index in [1.165, 1.54) is 0 Å². The number of carboxylic acid groups (broad SMARTS) is 1. The molecule has 3 N–H and O–H groups in total. The van der Waals surface area contributed by atoms with Crippen LogP contribution in [-0.4, -0.2) is 28.4 Å². The van der Waals surface area contributed by atoms with Crippen LogP contribution in [0.3, 0.4) is 0 Å². The Kier molecular flexibility index (Phi) is 5.11. The van der Waals surface area contributed by atoms with Gasteiger partial charge in [-0.05, 0) is 17.7 Å². The first kappa shape index (κ1) is 15.5. The fourth-order valence-corrected chi connectivity index (χ4v) is 1.90. The van der Waals surface area contributed by atoms with Crippen molar-refractivity contribution in [1.82, 2.24) is 5.32 Å². The molecule has 2 rings (SSSR count). The first-order chi connectivity index (χ1) is 10.6. The van der Waals surface area contributed by atoms with Gasteiger partial charge in [0, 0.05) is 0 Å². The summed E-state index contributed by atoms with van der Waals surface area (Å²) in [7, 11) is 0. The number of carboxylic acids is 1. The second-order valence-corrected chi connectivity index (χ2v) is 4.52. The highest BCUT2D eigenvalue weighted by molar-refractivity contribution is 5.76. The van der Waals surface area contributed by atoms with E-state index in [-0.39, 0.29) is 0 Å². The Balaban J connectivity index is 2.13. The van der Waals surface area contributed by atoms with Gasteiger partial charge in [0.2, 0.25) is 0 Å². The van der Waals surface area contributed by atoms with E-state index in [1.807, 2.05) is 0 Å². The van der Waals surface area contributed by atoms with Crippen LogP contribution in [0.2, 0.25) is 0 Å².